The van der Waals surface area contributed by atoms with E-state index < -0.39 is 5.97 Å². The molecule has 1 aromatic rings. The van der Waals surface area contributed by atoms with Crippen LogP contribution in [0.4, 0.5) is 0 Å². The Hall–Kier alpha value is -1.39. The molecule has 1 heterocycles. The molecular weight excluding hydrogens is 316 g/mol. The first kappa shape index (κ1) is 19.9. The number of aryl methyl sites for hydroxylation is 1. The van der Waals surface area contributed by atoms with Crippen LogP contribution in [0.25, 0.3) is 0 Å². The molecule has 0 amide bonds. The van der Waals surface area contributed by atoms with Crippen molar-refractivity contribution in [2.45, 2.75) is 76.9 Å². The molecule has 0 aromatic heterocycles. The molecule has 1 N–H and O–H groups in total. The van der Waals surface area contributed by atoms with E-state index in [4.69, 9.17) is 9.47 Å². The van der Waals surface area contributed by atoms with Crippen molar-refractivity contribution in [1.82, 2.24) is 0 Å². The maximum atomic E-state index is 11.2. The predicted molar refractivity (Wildman–Crippen MR) is 99.0 cm³/mol. The molecule has 1 aliphatic heterocycles. The van der Waals surface area contributed by atoms with E-state index in [1.54, 1.807) is 12.1 Å². The highest BCUT2D eigenvalue weighted by Gasteiger charge is 2.13. The standard InChI is InChI=1S/C21H32O4/c22-21(23)19-14-8-7-13-18(19)12-6-4-2-1-3-5-10-16-24-20-15-9-11-17-25-20/h7-8,13-14,20H,1-6,9-12,15-17H2,(H,22,23). The monoisotopic (exact) mass is 348 g/mol. The smallest absolute Gasteiger partial charge is 0.335 e. The number of unbranched alkanes of at least 4 members (excludes halogenated alkanes) is 6. The second kappa shape index (κ2) is 12.0. The van der Waals surface area contributed by atoms with Gasteiger partial charge < -0.3 is 14.6 Å². The van der Waals surface area contributed by atoms with E-state index >= 15 is 0 Å². The summed E-state index contributed by atoms with van der Waals surface area (Å²) >= 11 is 0. The molecule has 1 aliphatic rings. The maximum absolute atomic E-state index is 11.2. The fourth-order valence-corrected chi connectivity index (χ4v) is 3.31. The van der Waals surface area contributed by atoms with Crippen LogP contribution in [0, 0.1) is 0 Å². The van der Waals surface area contributed by atoms with Crippen LogP contribution in [0.5, 0.6) is 0 Å². The number of carbonyl (C=O) groups is 1. The van der Waals surface area contributed by atoms with Gasteiger partial charge in [0.05, 0.1) is 5.56 Å². The van der Waals surface area contributed by atoms with Gasteiger partial charge in [-0.05, 0) is 50.2 Å². The normalized spacial score (nSPS) is 17.5. The zero-order valence-electron chi connectivity index (χ0n) is 15.3. The summed E-state index contributed by atoms with van der Waals surface area (Å²) in [5.41, 5.74) is 1.40. The number of hydrogen-bond donors (Lipinski definition) is 1. The lowest BCUT2D eigenvalue weighted by atomic mass is 10.0. The number of ether oxygens (including phenoxy) is 2. The Labute approximate surface area is 151 Å². The molecule has 0 bridgehead atoms. The summed E-state index contributed by atoms with van der Waals surface area (Å²) in [5, 5.41) is 9.17. The van der Waals surface area contributed by atoms with Crippen LogP contribution in [0.2, 0.25) is 0 Å². The van der Waals surface area contributed by atoms with E-state index in [0.29, 0.717) is 5.56 Å². The fraction of sp³-hybridized carbons (Fsp3) is 0.667. The Balaban J connectivity index is 1.43. The number of carboxylic acids is 1. The van der Waals surface area contributed by atoms with Gasteiger partial charge >= 0.3 is 5.97 Å². The topological polar surface area (TPSA) is 55.8 Å². The SMILES string of the molecule is O=C(O)c1ccccc1CCCCCCCCCOC1CCCCO1. The van der Waals surface area contributed by atoms with Gasteiger partial charge in [0.15, 0.2) is 6.29 Å². The zero-order valence-corrected chi connectivity index (χ0v) is 15.3. The van der Waals surface area contributed by atoms with Crippen molar-refractivity contribution in [3.8, 4) is 0 Å². The Bertz CT molecular complexity index is 494. The van der Waals surface area contributed by atoms with Crippen molar-refractivity contribution in [3.05, 3.63) is 35.4 Å². The molecule has 25 heavy (non-hydrogen) atoms. The Kier molecular flexibility index (Phi) is 9.60. The number of rotatable bonds is 12. The molecule has 4 heteroatoms. The summed E-state index contributed by atoms with van der Waals surface area (Å²) in [4.78, 5) is 11.2. The molecule has 1 saturated heterocycles. The average molecular weight is 348 g/mol. The molecule has 0 spiro atoms. The summed E-state index contributed by atoms with van der Waals surface area (Å²) in [6.45, 7) is 1.66. The van der Waals surface area contributed by atoms with Crippen molar-refractivity contribution in [2.75, 3.05) is 13.2 Å². The van der Waals surface area contributed by atoms with Gasteiger partial charge in [0.1, 0.15) is 0 Å². The first-order chi connectivity index (χ1) is 12.3. The van der Waals surface area contributed by atoms with Gasteiger partial charge in [0.25, 0.3) is 0 Å². The highest BCUT2D eigenvalue weighted by Crippen LogP contribution is 2.16. The second-order valence-corrected chi connectivity index (χ2v) is 6.85. The van der Waals surface area contributed by atoms with Gasteiger partial charge in [0.2, 0.25) is 0 Å². The summed E-state index contributed by atoms with van der Waals surface area (Å²) in [5.74, 6) is -0.823. The zero-order chi connectivity index (χ0) is 17.7. The molecular formula is C21H32O4. The van der Waals surface area contributed by atoms with E-state index in [-0.39, 0.29) is 6.29 Å². The van der Waals surface area contributed by atoms with Crippen LogP contribution in [-0.2, 0) is 15.9 Å². The minimum atomic E-state index is -0.823. The fourth-order valence-electron chi connectivity index (χ4n) is 3.31. The Morgan fingerprint density at radius 2 is 1.76 bits per heavy atom. The molecule has 0 saturated carbocycles. The maximum Gasteiger partial charge on any atom is 0.335 e. The van der Waals surface area contributed by atoms with Crippen LogP contribution in [0.1, 0.15) is 80.1 Å². The number of aromatic carboxylic acids is 1. The van der Waals surface area contributed by atoms with Crippen molar-refractivity contribution in [3.63, 3.8) is 0 Å². The molecule has 140 valence electrons. The van der Waals surface area contributed by atoms with Gasteiger partial charge in [0, 0.05) is 13.2 Å². The minimum absolute atomic E-state index is 0.0439. The van der Waals surface area contributed by atoms with Crippen LogP contribution < -0.4 is 0 Å². The molecule has 0 radical (unpaired) electrons. The highest BCUT2D eigenvalue weighted by atomic mass is 16.7. The third-order valence-electron chi connectivity index (χ3n) is 4.78. The van der Waals surface area contributed by atoms with Gasteiger partial charge in [-0.1, -0.05) is 50.3 Å². The lowest BCUT2D eigenvalue weighted by Gasteiger charge is -2.22. The molecule has 1 aromatic carbocycles. The average Bonchev–Trinajstić information content (AvgIpc) is 2.64. The van der Waals surface area contributed by atoms with E-state index in [1.807, 2.05) is 12.1 Å². The second-order valence-electron chi connectivity index (χ2n) is 6.85. The first-order valence-electron chi connectivity index (χ1n) is 9.82. The summed E-state index contributed by atoms with van der Waals surface area (Å²) in [7, 11) is 0. The molecule has 1 unspecified atom stereocenters. The van der Waals surface area contributed by atoms with Crippen molar-refractivity contribution < 1.29 is 19.4 Å². The minimum Gasteiger partial charge on any atom is -0.478 e. The van der Waals surface area contributed by atoms with E-state index in [1.165, 1.54) is 44.9 Å². The van der Waals surface area contributed by atoms with Crippen LogP contribution in [0.3, 0.4) is 0 Å². The lowest BCUT2D eigenvalue weighted by molar-refractivity contribution is -0.162. The number of benzene rings is 1. The van der Waals surface area contributed by atoms with Gasteiger partial charge in [-0.25, -0.2) is 4.79 Å². The van der Waals surface area contributed by atoms with E-state index in [2.05, 4.69) is 0 Å². The largest absolute Gasteiger partial charge is 0.478 e. The summed E-state index contributed by atoms with van der Waals surface area (Å²) in [6, 6.07) is 7.33. The molecule has 1 atom stereocenters. The predicted octanol–water partition coefficient (Wildman–Crippen LogP) is 5.20. The number of carboxylic acid groups (broad SMARTS) is 1. The van der Waals surface area contributed by atoms with Crippen molar-refractivity contribution in [2.24, 2.45) is 0 Å². The highest BCUT2D eigenvalue weighted by molar-refractivity contribution is 5.89. The van der Waals surface area contributed by atoms with Gasteiger partial charge in [-0.2, -0.15) is 0 Å². The lowest BCUT2D eigenvalue weighted by Crippen LogP contribution is -2.22. The Morgan fingerprint density at radius 1 is 1.04 bits per heavy atom. The molecule has 1 fully saturated rings. The van der Waals surface area contributed by atoms with Crippen LogP contribution in [0.15, 0.2) is 24.3 Å². The van der Waals surface area contributed by atoms with Crippen LogP contribution >= 0.6 is 0 Å². The number of hydrogen-bond acceptors (Lipinski definition) is 3. The first-order valence-corrected chi connectivity index (χ1v) is 9.82. The molecule has 4 nitrogen and oxygen atoms in total. The Morgan fingerprint density at radius 3 is 2.48 bits per heavy atom. The van der Waals surface area contributed by atoms with Gasteiger partial charge in [-0.3, -0.25) is 0 Å². The quantitative estimate of drug-likeness (QED) is 0.527. The third-order valence-corrected chi connectivity index (χ3v) is 4.78. The van der Waals surface area contributed by atoms with Crippen molar-refractivity contribution in [1.29, 1.82) is 0 Å². The van der Waals surface area contributed by atoms with Crippen molar-refractivity contribution >= 4 is 5.97 Å². The van der Waals surface area contributed by atoms with E-state index in [9.17, 15) is 9.90 Å². The van der Waals surface area contributed by atoms with Crippen LogP contribution in [-0.4, -0.2) is 30.6 Å². The van der Waals surface area contributed by atoms with Gasteiger partial charge in [-0.15, -0.1) is 0 Å². The molecule has 0 aliphatic carbocycles. The van der Waals surface area contributed by atoms with E-state index in [0.717, 1.165) is 44.5 Å². The summed E-state index contributed by atoms with van der Waals surface area (Å²) in [6.07, 6.45) is 12.6. The third kappa shape index (κ3) is 8.02. The summed E-state index contributed by atoms with van der Waals surface area (Å²) < 4.78 is 11.3. The molecule has 2 rings (SSSR count).